The smallest absolute Gasteiger partial charge is 0.343 e. The lowest BCUT2D eigenvalue weighted by atomic mass is 10.1. The van der Waals surface area contributed by atoms with Crippen LogP contribution in [0.3, 0.4) is 0 Å². The van der Waals surface area contributed by atoms with E-state index in [2.05, 4.69) is 0 Å². The lowest BCUT2D eigenvalue weighted by molar-refractivity contribution is -0.138. The van der Waals surface area contributed by atoms with E-state index in [0.29, 0.717) is 0 Å². The highest BCUT2D eigenvalue weighted by molar-refractivity contribution is 5.97. The van der Waals surface area contributed by atoms with E-state index in [1.807, 2.05) is 0 Å². The lowest BCUT2D eigenvalue weighted by Gasteiger charge is -2.16. The standard InChI is InChI=1S/C19H24O8/c1-9(2)17(22)25-12-7-13(26-18(23)10(3)4)15(16(20)21)14(8-12)27-19(24)11(5)6/h7-11H,1-6H3,(H,20,21). The third-order valence-electron chi connectivity index (χ3n) is 3.31. The van der Waals surface area contributed by atoms with Crippen LogP contribution in [-0.2, 0) is 14.4 Å². The first-order valence-corrected chi connectivity index (χ1v) is 8.50. The van der Waals surface area contributed by atoms with Crippen LogP contribution >= 0.6 is 0 Å². The van der Waals surface area contributed by atoms with Crippen LogP contribution in [0.1, 0.15) is 51.9 Å². The fourth-order valence-electron chi connectivity index (χ4n) is 1.68. The Labute approximate surface area is 157 Å². The molecule has 0 unspecified atom stereocenters. The van der Waals surface area contributed by atoms with Gasteiger partial charge in [-0.2, -0.15) is 0 Å². The van der Waals surface area contributed by atoms with Crippen molar-refractivity contribution in [2.75, 3.05) is 0 Å². The molecule has 27 heavy (non-hydrogen) atoms. The van der Waals surface area contributed by atoms with E-state index < -0.39 is 47.2 Å². The molecule has 1 N–H and O–H groups in total. The van der Waals surface area contributed by atoms with Crippen molar-refractivity contribution in [2.45, 2.75) is 41.5 Å². The van der Waals surface area contributed by atoms with Gasteiger partial charge in [-0.05, 0) is 0 Å². The summed E-state index contributed by atoms with van der Waals surface area (Å²) in [6.45, 7) is 9.53. The van der Waals surface area contributed by atoms with Crippen molar-refractivity contribution in [1.29, 1.82) is 0 Å². The maximum atomic E-state index is 11.9. The first-order chi connectivity index (χ1) is 12.4. The Bertz CT molecular complexity index is 703. The molecule has 0 amide bonds. The summed E-state index contributed by atoms with van der Waals surface area (Å²) in [6.07, 6.45) is 0. The van der Waals surface area contributed by atoms with Crippen LogP contribution in [0.25, 0.3) is 0 Å². The van der Waals surface area contributed by atoms with E-state index in [1.165, 1.54) is 0 Å². The number of esters is 3. The van der Waals surface area contributed by atoms with Gasteiger partial charge in [0.25, 0.3) is 0 Å². The maximum absolute atomic E-state index is 11.9. The zero-order valence-electron chi connectivity index (χ0n) is 16.2. The molecular weight excluding hydrogens is 356 g/mol. The molecule has 0 spiro atoms. The maximum Gasteiger partial charge on any atom is 0.343 e. The van der Waals surface area contributed by atoms with E-state index in [-0.39, 0.29) is 17.2 Å². The fourth-order valence-corrected chi connectivity index (χ4v) is 1.68. The van der Waals surface area contributed by atoms with E-state index in [9.17, 15) is 24.3 Å². The molecule has 1 aromatic carbocycles. The van der Waals surface area contributed by atoms with Crippen molar-refractivity contribution >= 4 is 23.9 Å². The van der Waals surface area contributed by atoms with Crippen LogP contribution in [-0.4, -0.2) is 29.0 Å². The minimum atomic E-state index is -1.46. The van der Waals surface area contributed by atoms with E-state index >= 15 is 0 Å². The summed E-state index contributed by atoms with van der Waals surface area (Å²) >= 11 is 0. The van der Waals surface area contributed by atoms with Gasteiger partial charge in [-0.25, -0.2) is 4.79 Å². The molecule has 0 saturated heterocycles. The van der Waals surface area contributed by atoms with Crippen molar-refractivity contribution in [3.05, 3.63) is 17.7 Å². The highest BCUT2D eigenvalue weighted by Crippen LogP contribution is 2.35. The van der Waals surface area contributed by atoms with Crippen LogP contribution in [0.5, 0.6) is 17.2 Å². The normalized spacial score (nSPS) is 10.9. The zero-order chi connectivity index (χ0) is 20.9. The Morgan fingerprint density at radius 2 is 1.04 bits per heavy atom. The van der Waals surface area contributed by atoms with E-state index in [0.717, 1.165) is 12.1 Å². The number of carbonyl (C=O) groups is 4. The summed E-state index contributed by atoms with van der Waals surface area (Å²) in [7, 11) is 0. The number of hydrogen-bond donors (Lipinski definition) is 1. The van der Waals surface area contributed by atoms with Gasteiger partial charge in [-0.3, -0.25) is 14.4 Å². The molecule has 148 valence electrons. The number of aromatic carboxylic acids is 1. The molecular formula is C19H24O8. The predicted molar refractivity (Wildman–Crippen MR) is 94.8 cm³/mol. The second-order valence-corrected chi connectivity index (χ2v) is 6.83. The first kappa shape index (κ1) is 22.1. The molecule has 0 radical (unpaired) electrons. The van der Waals surface area contributed by atoms with Gasteiger partial charge in [0.2, 0.25) is 0 Å². The summed E-state index contributed by atoms with van der Waals surface area (Å²) in [5, 5.41) is 9.52. The van der Waals surface area contributed by atoms with Gasteiger partial charge in [0.1, 0.15) is 11.3 Å². The molecule has 1 aromatic rings. The molecule has 0 heterocycles. The molecule has 0 fully saturated rings. The number of carboxylic acid groups (broad SMARTS) is 1. The Hall–Kier alpha value is -2.90. The predicted octanol–water partition coefficient (Wildman–Crippen LogP) is 3.07. The highest BCUT2D eigenvalue weighted by atomic mass is 16.6. The molecule has 0 atom stereocenters. The first-order valence-electron chi connectivity index (χ1n) is 8.50. The molecule has 0 aliphatic heterocycles. The summed E-state index contributed by atoms with van der Waals surface area (Å²) in [6, 6.07) is 2.22. The topological polar surface area (TPSA) is 116 Å². The van der Waals surface area contributed by atoms with Crippen molar-refractivity contribution in [2.24, 2.45) is 17.8 Å². The molecule has 8 heteroatoms. The average molecular weight is 380 g/mol. The Balaban J connectivity index is 3.50. The Morgan fingerprint density at radius 1 is 0.704 bits per heavy atom. The number of benzene rings is 1. The third kappa shape index (κ3) is 6.09. The number of hydrogen-bond acceptors (Lipinski definition) is 7. The molecule has 0 aromatic heterocycles. The van der Waals surface area contributed by atoms with Gasteiger partial charge in [0, 0.05) is 12.1 Å². The largest absolute Gasteiger partial charge is 0.477 e. The van der Waals surface area contributed by atoms with Crippen LogP contribution in [0, 0.1) is 17.8 Å². The van der Waals surface area contributed by atoms with E-state index in [4.69, 9.17) is 14.2 Å². The van der Waals surface area contributed by atoms with Crippen molar-refractivity contribution in [1.82, 2.24) is 0 Å². The number of carbonyl (C=O) groups excluding carboxylic acids is 3. The second-order valence-electron chi connectivity index (χ2n) is 6.83. The molecule has 1 rings (SSSR count). The summed E-state index contributed by atoms with van der Waals surface area (Å²) in [5.41, 5.74) is -0.512. The number of rotatable bonds is 7. The molecule has 8 nitrogen and oxygen atoms in total. The minimum absolute atomic E-state index is 0.100. The van der Waals surface area contributed by atoms with Crippen molar-refractivity contribution < 1.29 is 38.5 Å². The highest BCUT2D eigenvalue weighted by Gasteiger charge is 2.26. The van der Waals surface area contributed by atoms with Gasteiger partial charge in [0.05, 0.1) is 17.8 Å². The molecule has 0 saturated carbocycles. The summed E-state index contributed by atoms with van der Waals surface area (Å²) in [4.78, 5) is 47.4. The molecule has 0 aliphatic rings. The van der Waals surface area contributed by atoms with Gasteiger partial charge < -0.3 is 19.3 Å². The lowest BCUT2D eigenvalue weighted by Crippen LogP contribution is -2.20. The zero-order valence-corrected chi connectivity index (χ0v) is 16.2. The monoisotopic (exact) mass is 380 g/mol. The van der Waals surface area contributed by atoms with Crippen LogP contribution < -0.4 is 14.2 Å². The Kier molecular flexibility index (Phi) is 7.51. The third-order valence-corrected chi connectivity index (χ3v) is 3.31. The quantitative estimate of drug-likeness (QED) is 0.567. The summed E-state index contributed by atoms with van der Waals surface area (Å²) in [5.74, 6) is -5.79. The van der Waals surface area contributed by atoms with Crippen LogP contribution in [0.2, 0.25) is 0 Å². The summed E-state index contributed by atoms with van der Waals surface area (Å²) < 4.78 is 15.4. The molecule has 0 aliphatic carbocycles. The Morgan fingerprint density at radius 3 is 1.33 bits per heavy atom. The van der Waals surface area contributed by atoms with E-state index in [1.54, 1.807) is 41.5 Å². The minimum Gasteiger partial charge on any atom is -0.477 e. The van der Waals surface area contributed by atoms with Gasteiger partial charge in [-0.1, -0.05) is 41.5 Å². The number of carboxylic acids is 1. The SMILES string of the molecule is CC(C)C(=O)Oc1cc(OC(=O)C(C)C)c(C(=O)O)c(OC(=O)C(C)C)c1. The fraction of sp³-hybridized carbons (Fsp3) is 0.474. The second kappa shape index (κ2) is 9.16. The van der Waals surface area contributed by atoms with Gasteiger partial charge in [0.15, 0.2) is 11.5 Å². The average Bonchev–Trinajstić information content (AvgIpc) is 2.53. The number of ether oxygens (including phenoxy) is 3. The van der Waals surface area contributed by atoms with Crippen LogP contribution in [0.15, 0.2) is 12.1 Å². The van der Waals surface area contributed by atoms with Gasteiger partial charge >= 0.3 is 23.9 Å². The molecule has 0 bridgehead atoms. The van der Waals surface area contributed by atoms with Crippen molar-refractivity contribution in [3.63, 3.8) is 0 Å². The van der Waals surface area contributed by atoms with Crippen LogP contribution in [0.4, 0.5) is 0 Å². The van der Waals surface area contributed by atoms with Crippen molar-refractivity contribution in [3.8, 4) is 17.2 Å². The van der Waals surface area contributed by atoms with Gasteiger partial charge in [-0.15, -0.1) is 0 Å².